The number of hydrogen-bond acceptors (Lipinski definition) is 4. The van der Waals surface area contributed by atoms with Crippen LogP contribution in [0.4, 0.5) is 4.79 Å². The smallest absolute Gasteiger partial charge is 0.410 e. The Kier molecular flexibility index (Phi) is 11.4. The van der Waals surface area contributed by atoms with Crippen molar-refractivity contribution >= 4 is 36.0 Å². The molecule has 148 valence electrons. The number of ether oxygens (including phenoxy) is 1. The number of aliphatic hydroxyl groups excluding tert-OH is 1. The van der Waals surface area contributed by atoms with Gasteiger partial charge in [-0.05, 0) is 53.4 Å². The van der Waals surface area contributed by atoms with Crippen LogP contribution in [0.15, 0.2) is 4.99 Å². The fraction of sp³-hybridized carbons (Fsp3) is 0.882. The van der Waals surface area contributed by atoms with Crippen molar-refractivity contribution in [3.8, 4) is 0 Å². The van der Waals surface area contributed by atoms with Gasteiger partial charge in [0.15, 0.2) is 5.96 Å². The van der Waals surface area contributed by atoms with Crippen molar-refractivity contribution in [1.29, 1.82) is 0 Å². The zero-order valence-corrected chi connectivity index (χ0v) is 18.5. The average Bonchev–Trinajstić information content (AvgIpc) is 2.48. The second-order valence-electron chi connectivity index (χ2n) is 7.31. The summed E-state index contributed by atoms with van der Waals surface area (Å²) < 4.78 is 5.32. The van der Waals surface area contributed by atoms with Crippen LogP contribution in [0.5, 0.6) is 0 Å². The van der Waals surface area contributed by atoms with Gasteiger partial charge in [0.05, 0.1) is 12.6 Å². The molecule has 0 bridgehead atoms. The predicted molar refractivity (Wildman–Crippen MR) is 112 cm³/mol. The van der Waals surface area contributed by atoms with Gasteiger partial charge in [-0.25, -0.2) is 4.79 Å². The quantitative estimate of drug-likeness (QED) is 0.326. The van der Waals surface area contributed by atoms with Crippen molar-refractivity contribution in [2.45, 2.75) is 71.1 Å². The number of nitrogens with zero attached hydrogens (tertiary/aromatic N) is 2. The third kappa shape index (κ3) is 10.7. The number of aliphatic imine (C=N–C) groups is 1. The highest BCUT2D eigenvalue weighted by Crippen LogP contribution is 2.18. The van der Waals surface area contributed by atoms with Gasteiger partial charge in [0, 0.05) is 26.2 Å². The van der Waals surface area contributed by atoms with Gasteiger partial charge in [0.2, 0.25) is 0 Å². The first-order chi connectivity index (χ1) is 11.2. The van der Waals surface area contributed by atoms with Crippen LogP contribution in [-0.4, -0.2) is 66.5 Å². The monoisotopic (exact) mass is 470 g/mol. The molecule has 8 heteroatoms. The molecule has 0 aromatic heterocycles. The minimum atomic E-state index is -0.489. The second-order valence-corrected chi connectivity index (χ2v) is 7.31. The Labute approximate surface area is 169 Å². The molecule has 1 amide bonds. The normalized spacial score (nSPS) is 21.1. The maximum Gasteiger partial charge on any atom is 0.410 e. The lowest BCUT2D eigenvalue weighted by molar-refractivity contribution is 0.0304. The van der Waals surface area contributed by atoms with Gasteiger partial charge in [-0.1, -0.05) is 0 Å². The van der Waals surface area contributed by atoms with Crippen LogP contribution in [0.1, 0.15) is 53.4 Å². The number of carbonyl (C=O) groups is 1. The fourth-order valence-corrected chi connectivity index (χ4v) is 2.48. The van der Waals surface area contributed by atoms with Crippen LogP contribution in [0, 0.1) is 0 Å². The molecule has 0 aromatic carbocycles. The molecule has 1 aliphatic rings. The molecule has 0 radical (unpaired) electrons. The molecule has 0 atom stereocenters. The number of amides is 1. The molecular formula is C17H35IN4O3. The first kappa shape index (κ1) is 24.2. The molecule has 7 nitrogen and oxygen atoms in total. The summed E-state index contributed by atoms with van der Waals surface area (Å²) in [4.78, 5) is 18.0. The molecule has 0 unspecified atom stereocenters. The van der Waals surface area contributed by atoms with E-state index in [1.54, 1.807) is 7.05 Å². The third-order valence-corrected chi connectivity index (χ3v) is 3.79. The largest absolute Gasteiger partial charge is 0.444 e. The molecular weight excluding hydrogens is 435 g/mol. The van der Waals surface area contributed by atoms with E-state index in [-0.39, 0.29) is 36.2 Å². The van der Waals surface area contributed by atoms with Gasteiger partial charge < -0.3 is 25.4 Å². The number of halogens is 1. The molecule has 3 N–H and O–H groups in total. The Morgan fingerprint density at radius 3 is 2.40 bits per heavy atom. The standard InChI is InChI=1S/C17H34N4O3.HI/c1-6-18-15(20-13-7-9-14(22)10-8-13)19-11-12-21(5)16(23)24-17(2,3)4;/h13-14,22H,6-12H2,1-5H3,(H2,18,19,20);1H. The van der Waals surface area contributed by atoms with E-state index in [4.69, 9.17) is 4.74 Å². The molecule has 0 saturated heterocycles. The molecule has 1 saturated carbocycles. The molecule has 1 aliphatic carbocycles. The van der Waals surface area contributed by atoms with Crippen LogP contribution in [-0.2, 0) is 4.74 Å². The molecule has 0 aliphatic heterocycles. The van der Waals surface area contributed by atoms with Crippen molar-refractivity contribution in [2.75, 3.05) is 26.7 Å². The number of aliphatic hydroxyl groups is 1. The predicted octanol–water partition coefficient (Wildman–Crippen LogP) is 2.33. The molecule has 0 spiro atoms. The van der Waals surface area contributed by atoms with Gasteiger partial charge in [0.1, 0.15) is 5.60 Å². The van der Waals surface area contributed by atoms with Gasteiger partial charge >= 0.3 is 6.09 Å². The van der Waals surface area contributed by atoms with Gasteiger partial charge in [-0.15, -0.1) is 24.0 Å². The molecule has 0 aromatic rings. The Morgan fingerprint density at radius 2 is 1.88 bits per heavy atom. The van der Waals surface area contributed by atoms with Crippen LogP contribution < -0.4 is 10.6 Å². The van der Waals surface area contributed by atoms with Crippen molar-refractivity contribution in [2.24, 2.45) is 4.99 Å². The SMILES string of the molecule is CCNC(=NCCN(C)C(=O)OC(C)(C)C)NC1CCC(O)CC1.I. The number of likely N-dealkylation sites (N-methyl/N-ethyl adjacent to an activating group) is 1. The third-order valence-electron chi connectivity index (χ3n) is 3.79. The average molecular weight is 470 g/mol. The van der Waals surface area contributed by atoms with Crippen LogP contribution in [0.3, 0.4) is 0 Å². The Bertz CT molecular complexity index is 419. The maximum atomic E-state index is 11.9. The number of carbonyl (C=O) groups excluding carboxylic acids is 1. The number of nitrogens with one attached hydrogen (secondary N) is 2. The molecule has 25 heavy (non-hydrogen) atoms. The number of hydrogen-bond donors (Lipinski definition) is 3. The Hall–Kier alpha value is -0.770. The second kappa shape index (κ2) is 11.8. The van der Waals surface area contributed by atoms with Crippen molar-refractivity contribution in [3.63, 3.8) is 0 Å². The van der Waals surface area contributed by atoms with Crippen LogP contribution >= 0.6 is 24.0 Å². The lowest BCUT2D eigenvalue weighted by atomic mass is 9.93. The molecule has 1 rings (SSSR count). The van der Waals surface area contributed by atoms with E-state index in [0.717, 1.165) is 38.2 Å². The minimum absolute atomic E-state index is 0. The summed E-state index contributed by atoms with van der Waals surface area (Å²) in [6.07, 6.45) is 3.06. The lowest BCUT2D eigenvalue weighted by Gasteiger charge is -2.28. The maximum absolute atomic E-state index is 11.9. The van der Waals surface area contributed by atoms with Crippen molar-refractivity contribution < 1.29 is 14.6 Å². The summed E-state index contributed by atoms with van der Waals surface area (Å²) >= 11 is 0. The lowest BCUT2D eigenvalue weighted by Crippen LogP contribution is -2.45. The van der Waals surface area contributed by atoms with Gasteiger partial charge in [0.25, 0.3) is 0 Å². The summed E-state index contributed by atoms with van der Waals surface area (Å²) in [5.74, 6) is 0.761. The highest BCUT2D eigenvalue weighted by molar-refractivity contribution is 14.0. The van der Waals surface area contributed by atoms with Gasteiger partial charge in [-0.3, -0.25) is 4.99 Å². The first-order valence-corrected chi connectivity index (χ1v) is 8.88. The van der Waals surface area contributed by atoms with Crippen molar-refractivity contribution in [1.82, 2.24) is 15.5 Å². The van der Waals surface area contributed by atoms with Crippen LogP contribution in [0.2, 0.25) is 0 Å². The highest BCUT2D eigenvalue weighted by Gasteiger charge is 2.21. The summed E-state index contributed by atoms with van der Waals surface area (Å²) in [7, 11) is 1.71. The van der Waals surface area contributed by atoms with Crippen LogP contribution in [0.25, 0.3) is 0 Å². The zero-order valence-electron chi connectivity index (χ0n) is 16.2. The van der Waals surface area contributed by atoms with E-state index in [9.17, 15) is 9.90 Å². The molecule has 0 heterocycles. The Morgan fingerprint density at radius 1 is 1.28 bits per heavy atom. The van der Waals surface area contributed by atoms with E-state index in [0.29, 0.717) is 19.1 Å². The van der Waals surface area contributed by atoms with Gasteiger partial charge in [-0.2, -0.15) is 0 Å². The van der Waals surface area contributed by atoms with Crippen molar-refractivity contribution in [3.05, 3.63) is 0 Å². The van der Waals surface area contributed by atoms with E-state index in [2.05, 4.69) is 15.6 Å². The summed E-state index contributed by atoms with van der Waals surface area (Å²) in [5.41, 5.74) is -0.489. The number of rotatable bonds is 5. The summed E-state index contributed by atoms with van der Waals surface area (Å²) in [6, 6.07) is 0.342. The van der Waals surface area contributed by atoms with E-state index >= 15 is 0 Å². The fourth-order valence-electron chi connectivity index (χ4n) is 2.48. The highest BCUT2D eigenvalue weighted by atomic mass is 127. The topological polar surface area (TPSA) is 86.2 Å². The summed E-state index contributed by atoms with van der Waals surface area (Å²) in [6.45, 7) is 9.36. The first-order valence-electron chi connectivity index (χ1n) is 8.88. The van der Waals surface area contributed by atoms with E-state index < -0.39 is 5.60 Å². The molecule has 1 fully saturated rings. The number of guanidine groups is 1. The van der Waals surface area contributed by atoms with E-state index in [1.807, 2.05) is 27.7 Å². The Balaban J connectivity index is 0.00000576. The zero-order chi connectivity index (χ0) is 18.2. The minimum Gasteiger partial charge on any atom is -0.444 e. The summed E-state index contributed by atoms with van der Waals surface area (Å²) in [5, 5.41) is 16.2. The van der Waals surface area contributed by atoms with E-state index in [1.165, 1.54) is 4.90 Å².